The number of thiophene rings is 1. The Kier molecular flexibility index (Phi) is 5.11. The van der Waals surface area contributed by atoms with Gasteiger partial charge in [-0.2, -0.15) is 0 Å². The summed E-state index contributed by atoms with van der Waals surface area (Å²) in [7, 11) is 0. The van der Waals surface area contributed by atoms with E-state index in [2.05, 4.69) is 28.0 Å². The van der Waals surface area contributed by atoms with Crippen molar-refractivity contribution < 1.29 is 4.79 Å². The summed E-state index contributed by atoms with van der Waals surface area (Å²) < 4.78 is 0. The van der Waals surface area contributed by atoms with Gasteiger partial charge in [0.2, 0.25) is 5.91 Å². The summed E-state index contributed by atoms with van der Waals surface area (Å²) in [5, 5.41) is 0.778. The molecule has 2 aromatic rings. The first-order valence-electron chi connectivity index (χ1n) is 9.05. The van der Waals surface area contributed by atoms with Crippen LogP contribution in [0.25, 0.3) is 10.4 Å². The van der Waals surface area contributed by atoms with E-state index in [9.17, 15) is 4.79 Å². The van der Waals surface area contributed by atoms with Crippen molar-refractivity contribution in [2.45, 2.75) is 25.8 Å². The Morgan fingerprint density at radius 3 is 2.60 bits per heavy atom. The van der Waals surface area contributed by atoms with Crippen molar-refractivity contribution in [2.24, 2.45) is 5.92 Å². The topological polar surface area (TPSA) is 23.6 Å². The molecular formula is C20H23ClN2OS. The highest BCUT2D eigenvalue weighted by Gasteiger charge is 2.31. The van der Waals surface area contributed by atoms with Crippen LogP contribution in [0.2, 0.25) is 5.02 Å². The molecule has 0 N–H and O–H groups in total. The standard InChI is InChI=1S/C20H23ClN2OS/c21-17-6-2-5-16(13-17)19-8-7-18(25-19)14-22-9-11-23(12-10-22)20(24)15-3-1-4-15/h2,5-8,13,15H,1,3-4,9-12,14H2. The Bertz CT molecular complexity index is 748. The third-order valence-electron chi connectivity index (χ3n) is 5.29. The molecular weight excluding hydrogens is 352 g/mol. The van der Waals surface area contributed by atoms with E-state index in [0.717, 1.165) is 50.6 Å². The molecule has 1 aromatic carbocycles. The van der Waals surface area contributed by atoms with Gasteiger partial charge in [0.1, 0.15) is 0 Å². The van der Waals surface area contributed by atoms with Crippen LogP contribution in [0.3, 0.4) is 0 Å². The van der Waals surface area contributed by atoms with Gasteiger partial charge in [-0.15, -0.1) is 11.3 Å². The third kappa shape index (κ3) is 3.91. The predicted octanol–water partition coefficient (Wildman–Crippen LogP) is 4.51. The molecule has 2 aliphatic rings. The molecule has 2 heterocycles. The van der Waals surface area contributed by atoms with Gasteiger partial charge >= 0.3 is 0 Å². The summed E-state index contributed by atoms with van der Waals surface area (Å²) in [5.74, 6) is 0.717. The number of piperazine rings is 1. The van der Waals surface area contributed by atoms with E-state index in [1.165, 1.54) is 21.7 Å². The number of benzene rings is 1. The highest BCUT2D eigenvalue weighted by atomic mass is 35.5. The van der Waals surface area contributed by atoms with Crippen LogP contribution in [0.4, 0.5) is 0 Å². The minimum atomic E-state index is 0.323. The first kappa shape index (κ1) is 17.1. The van der Waals surface area contributed by atoms with Gasteiger partial charge in [-0.1, -0.05) is 30.2 Å². The molecule has 5 heteroatoms. The molecule has 4 rings (SSSR count). The van der Waals surface area contributed by atoms with Crippen molar-refractivity contribution in [1.82, 2.24) is 9.80 Å². The monoisotopic (exact) mass is 374 g/mol. The van der Waals surface area contributed by atoms with E-state index in [4.69, 9.17) is 11.6 Å². The molecule has 25 heavy (non-hydrogen) atoms. The fraction of sp³-hybridized carbons (Fsp3) is 0.450. The average Bonchev–Trinajstić information content (AvgIpc) is 3.02. The van der Waals surface area contributed by atoms with Gasteiger partial charge in [-0.25, -0.2) is 0 Å². The first-order chi connectivity index (χ1) is 12.2. The third-order valence-corrected chi connectivity index (χ3v) is 6.64. The maximum atomic E-state index is 12.3. The van der Waals surface area contributed by atoms with Crippen molar-refractivity contribution in [3.05, 3.63) is 46.3 Å². The highest BCUT2D eigenvalue weighted by molar-refractivity contribution is 7.15. The van der Waals surface area contributed by atoms with Gasteiger partial charge in [0.15, 0.2) is 0 Å². The summed E-state index contributed by atoms with van der Waals surface area (Å²) in [5.41, 5.74) is 1.18. The zero-order chi connectivity index (χ0) is 17.2. The van der Waals surface area contributed by atoms with Gasteiger partial charge < -0.3 is 4.90 Å². The van der Waals surface area contributed by atoms with Gasteiger partial charge in [0.05, 0.1) is 0 Å². The molecule has 1 aromatic heterocycles. The number of hydrogen-bond acceptors (Lipinski definition) is 3. The van der Waals surface area contributed by atoms with Crippen LogP contribution >= 0.6 is 22.9 Å². The Labute approximate surface area is 158 Å². The maximum absolute atomic E-state index is 12.3. The molecule has 1 amide bonds. The molecule has 1 aliphatic carbocycles. The normalized spacial score (nSPS) is 19.0. The second-order valence-electron chi connectivity index (χ2n) is 7.01. The minimum Gasteiger partial charge on any atom is -0.340 e. The largest absolute Gasteiger partial charge is 0.340 e. The number of carbonyl (C=O) groups is 1. The highest BCUT2D eigenvalue weighted by Crippen LogP contribution is 2.31. The summed E-state index contributed by atoms with van der Waals surface area (Å²) in [6, 6.07) is 12.4. The fourth-order valence-corrected chi connectivity index (χ4v) is 4.76. The van der Waals surface area contributed by atoms with E-state index >= 15 is 0 Å². The van der Waals surface area contributed by atoms with Crippen molar-refractivity contribution >= 4 is 28.8 Å². The van der Waals surface area contributed by atoms with Gasteiger partial charge in [0, 0.05) is 53.4 Å². The number of carbonyl (C=O) groups excluding carboxylic acids is 1. The molecule has 0 unspecified atom stereocenters. The summed E-state index contributed by atoms with van der Waals surface area (Å²) in [6.45, 7) is 4.67. The molecule has 2 fully saturated rings. The van der Waals surface area contributed by atoms with Crippen LogP contribution < -0.4 is 0 Å². The van der Waals surface area contributed by atoms with Gasteiger partial charge in [-0.05, 0) is 42.7 Å². The van der Waals surface area contributed by atoms with Crippen molar-refractivity contribution in [1.29, 1.82) is 0 Å². The van der Waals surface area contributed by atoms with Crippen molar-refractivity contribution in [2.75, 3.05) is 26.2 Å². The molecule has 1 saturated carbocycles. The molecule has 1 saturated heterocycles. The van der Waals surface area contributed by atoms with E-state index in [0.29, 0.717) is 11.8 Å². The van der Waals surface area contributed by atoms with E-state index in [-0.39, 0.29) is 0 Å². The van der Waals surface area contributed by atoms with Crippen LogP contribution in [0, 0.1) is 5.92 Å². The van der Waals surface area contributed by atoms with Gasteiger partial charge in [0.25, 0.3) is 0 Å². The van der Waals surface area contributed by atoms with Crippen LogP contribution in [0.15, 0.2) is 36.4 Å². The minimum absolute atomic E-state index is 0.323. The first-order valence-corrected chi connectivity index (χ1v) is 10.2. The van der Waals surface area contributed by atoms with Crippen molar-refractivity contribution in [3.63, 3.8) is 0 Å². The zero-order valence-corrected chi connectivity index (χ0v) is 15.9. The Balaban J connectivity index is 1.32. The quantitative estimate of drug-likeness (QED) is 0.785. The Morgan fingerprint density at radius 1 is 1.12 bits per heavy atom. The summed E-state index contributed by atoms with van der Waals surface area (Å²) in [4.78, 5) is 19.5. The molecule has 132 valence electrons. The zero-order valence-electron chi connectivity index (χ0n) is 14.3. The molecule has 3 nitrogen and oxygen atoms in total. The summed E-state index contributed by atoms with van der Waals surface area (Å²) in [6.07, 6.45) is 3.42. The van der Waals surface area contributed by atoms with Gasteiger partial charge in [-0.3, -0.25) is 9.69 Å². The van der Waals surface area contributed by atoms with E-state index in [1.54, 1.807) is 0 Å². The van der Waals surface area contributed by atoms with Crippen LogP contribution in [-0.4, -0.2) is 41.9 Å². The smallest absolute Gasteiger partial charge is 0.225 e. The molecule has 0 spiro atoms. The Hall–Kier alpha value is -1.36. The number of amides is 1. The van der Waals surface area contributed by atoms with E-state index < -0.39 is 0 Å². The fourth-order valence-electron chi connectivity index (χ4n) is 3.52. The van der Waals surface area contributed by atoms with Crippen LogP contribution in [0.1, 0.15) is 24.1 Å². The molecule has 1 aliphatic heterocycles. The maximum Gasteiger partial charge on any atom is 0.225 e. The second kappa shape index (κ2) is 7.48. The van der Waals surface area contributed by atoms with Crippen molar-refractivity contribution in [3.8, 4) is 10.4 Å². The lowest BCUT2D eigenvalue weighted by atomic mass is 9.84. The number of nitrogens with zero attached hydrogens (tertiary/aromatic N) is 2. The molecule has 0 bridgehead atoms. The number of rotatable bonds is 4. The lowest BCUT2D eigenvalue weighted by Gasteiger charge is -2.38. The molecule has 0 radical (unpaired) electrons. The summed E-state index contributed by atoms with van der Waals surface area (Å²) >= 11 is 7.93. The lowest BCUT2D eigenvalue weighted by Crippen LogP contribution is -2.50. The molecule has 0 atom stereocenters. The SMILES string of the molecule is O=C(C1CCC1)N1CCN(Cc2ccc(-c3cccc(Cl)c3)s2)CC1. The van der Waals surface area contributed by atoms with E-state index in [1.807, 2.05) is 29.5 Å². The number of halogens is 1. The predicted molar refractivity (Wildman–Crippen MR) is 104 cm³/mol. The van der Waals surface area contributed by atoms with Crippen LogP contribution in [-0.2, 0) is 11.3 Å². The number of hydrogen-bond donors (Lipinski definition) is 0. The Morgan fingerprint density at radius 2 is 1.92 bits per heavy atom. The van der Waals surface area contributed by atoms with Crippen LogP contribution in [0.5, 0.6) is 0 Å². The average molecular weight is 375 g/mol. The lowest BCUT2D eigenvalue weighted by molar-refractivity contribution is -0.140. The second-order valence-corrected chi connectivity index (χ2v) is 8.61.